The van der Waals surface area contributed by atoms with Crippen molar-refractivity contribution < 1.29 is 0 Å². The molecule has 0 amide bonds. The van der Waals surface area contributed by atoms with E-state index in [1.54, 1.807) is 11.3 Å². The van der Waals surface area contributed by atoms with E-state index in [1.807, 2.05) is 20.2 Å². The minimum absolute atomic E-state index is 0. The molecule has 0 fully saturated rings. The summed E-state index contributed by atoms with van der Waals surface area (Å²) in [5.74, 6) is 0. The van der Waals surface area contributed by atoms with Crippen molar-refractivity contribution in [3.63, 3.8) is 0 Å². The minimum atomic E-state index is 0. The Balaban J connectivity index is 0. The van der Waals surface area contributed by atoms with Gasteiger partial charge in [0, 0.05) is 17.6 Å². The predicted octanol–water partition coefficient (Wildman–Crippen LogP) is 2.01. The van der Waals surface area contributed by atoms with Gasteiger partial charge in [-0.05, 0) is 14.0 Å². The Kier molecular flexibility index (Phi) is 8.56. The molecule has 0 aliphatic carbocycles. The van der Waals surface area contributed by atoms with Gasteiger partial charge >= 0.3 is 0 Å². The zero-order chi connectivity index (χ0) is 6.69. The Hall–Kier alpha value is 0.170. The molecule has 0 unspecified atom stereocenters. The summed E-state index contributed by atoms with van der Waals surface area (Å²) < 4.78 is 0. The van der Waals surface area contributed by atoms with Gasteiger partial charge in [-0.15, -0.1) is 36.2 Å². The summed E-state index contributed by atoms with van der Waals surface area (Å²) in [7, 11) is 1.94. The van der Waals surface area contributed by atoms with E-state index in [2.05, 4.69) is 10.3 Å². The molecule has 0 atom stereocenters. The van der Waals surface area contributed by atoms with Crippen LogP contribution >= 0.6 is 36.2 Å². The quantitative estimate of drug-likeness (QED) is 0.816. The maximum Gasteiger partial charge on any atom is 0.0897 e. The van der Waals surface area contributed by atoms with Crippen molar-refractivity contribution in [3.05, 3.63) is 16.1 Å². The van der Waals surface area contributed by atoms with E-state index in [4.69, 9.17) is 0 Å². The van der Waals surface area contributed by atoms with Crippen LogP contribution in [-0.4, -0.2) is 12.0 Å². The zero-order valence-electron chi connectivity index (χ0n) is 6.46. The SMILES string of the molecule is CNCc1cnc(C)s1.Cl.Cl. The van der Waals surface area contributed by atoms with Crippen molar-refractivity contribution in [1.29, 1.82) is 0 Å². The first kappa shape index (κ1) is 13.7. The third-order valence-corrected chi connectivity index (χ3v) is 1.93. The summed E-state index contributed by atoms with van der Waals surface area (Å²) in [4.78, 5) is 5.41. The molecule has 1 heterocycles. The number of nitrogens with zero attached hydrogens (tertiary/aromatic N) is 1. The number of hydrogen-bond donors (Lipinski definition) is 1. The van der Waals surface area contributed by atoms with Crippen LogP contribution in [0.2, 0.25) is 0 Å². The smallest absolute Gasteiger partial charge is 0.0897 e. The third-order valence-electron chi connectivity index (χ3n) is 1.02. The molecule has 0 saturated carbocycles. The highest BCUT2D eigenvalue weighted by molar-refractivity contribution is 7.11. The van der Waals surface area contributed by atoms with Crippen LogP contribution in [-0.2, 0) is 6.54 Å². The number of nitrogens with one attached hydrogen (secondary N) is 1. The molecular formula is C6H12Cl2N2S. The molecule has 5 heteroatoms. The topological polar surface area (TPSA) is 24.9 Å². The van der Waals surface area contributed by atoms with E-state index in [-0.39, 0.29) is 24.8 Å². The fourth-order valence-electron chi connectivity index (χ4n) is 0.661. The molecule has 11 heavy (non-hydrogen) atoms. The Morgan fingerprint density at radius 2 is 2.18 bits per heavy atom. The monoisotopic (exact) mass is 214 g/mol. The van der Waals surface area contributed by atoms with Crippen molar-refractivity contribution in [2.75, 3.05) is 7.05 Å². The van der Waals surface area contributed by atoms with Gasteiger partial charge in [-0.2, -0.15) is 0 Å². The van der Waals surface area contributed by atoms with E-state index in [1.165, 1.54) is 4.88 Å². The lowest BCUT2D eigenvalue weighted by Gasteiger charge is -1.88. The number of halogens is 2. The highest BCUT2D eigenvalue weighted by Crippen LogP contribution is 2.09. The Morgan fingerprint density at radius 1 is 1.55 bits per heavy atom. The van der Waals surface area contributed by atoms with E-state index >= 15 is 0 Å². The molecule has 1 aromatic heterocycles. The lowest BCUT2D eigenvalue weighted by atomic mass is 10.5. The summed E-state index contributed by atoms with van der Waals surface area (Å²) in [5.41, 5.74) is 0. The second-order valence-electron chi connectivity index (χ2n) is 1.88. The highest BCUT2D eigenvalue weighted by Gasteiger charge is 1.93. The molecule has 0 aromatic carbocycles. The summed E-state index contributed by atoms with van der Waals surface area (Å²) in [6.45, 7) is 2.95. The van der Waals surface area contributed by atoms with Gasteiger partial charge in [0.05, 0.1) is 5.01 Å². The van der Waals surface area contributed by atoms with Crippen LogP contribution in [0.3, 0.4) is 0 Å². The standard InChI is InChI=1S/C6H10N2S.2ClH/c1-5-8-4-6(9-5)3-7-2;;/h4,7H,3H2,1-2H3;2*1H. The third kappa shape index (κ3) is 4.58. The first-order valence-corrected chi connectivity index (χ1v) is 3.70. The molecule has 0 spiro atoms. The van der Waals surface area contributed by atoms with Crippen LogP contribution in [0.5, 0.6) is 0 Å². The summed E-state index contributed by atoms with van der Waals surface area (Å²) in [6.07, 6.45) is 1.91. The lowest BCUT2D eigenvalue weighted by molar-refractivity contribution is 0.829. The lowest BCUT2D eigenvalue weighted by Crippen LogP contribution is -2.02. The predicted molar refractivity (Wildman–Crippen MR) is 54.1 cm³/mol. The summed E-state index contributed by atoms with van der Waals surface area (Å²) >= 11 is 1.74. The van der Waals surface area contributed by atoms with Gasteiger partial charge in [0.25, 0.3) is 0 Å². The van der Waals surface area contributed by atoms with Crippen molar-refractivity contribution in [2.45, 2.75) is 13.5 Å². The van der Waals surface area contributed by atoms with Crippen LogP contribution in [0.4, 0.5) is 0 Å². The Labute approximate surface area is 83.2 Å². The van der Waals surface area contributed by atoms with Crippen LogP contribution in [0, 0.1) is 6.92 Å². The fourth-order valence-corrected chi connectivity index (χ4v) is 1.47. The van der Waals surface area contributed by atoms with E-state index in [9.17, 15) is 0 Å². The number of thiazole rings is 1. The second-order valence-corrected chi connectivity index (χ2v) is 3.20. The zero-order valence-corrected chi connectivity index (χ0v) is 8.91. The summed E-state index contributed by atoms with van der Waals surface area (Å²) in [6, 6.07) is 0. The van der Waals surface area contributed by atoms with Gasteiger partial charge in [-0.25, -0.2) is 4.98 Å². The van der Waals surface area contributed by atoms with Gasteiger partial charge < -0.3 is 5.32 Å². The minimum Gasteiger partial charge on any atom is -0.315 e. The van der Waals surface area contributed by atoms with Gasteiger partial charge in [-0.3, -0.25) is 0 Å². The van der Waals surface area contributed by atoms with E-state index < -0.39 is 0 Å². The molecule has 1 N–H and O–H groups in total. The van der Waals surface area contributed by atoms with E-state index in [0.717, 1.165) is 11.6 Å². The fraction of sp³-hybridized carbons (Fsp3) is 0.500. The van der Waals surface area contributed by atoms with Gasteiger partial charge in [0.2, 0.25) is 0 Å². The first-order valence-electron chi connectivity index (χ1n) is 2.89. The maximum absolute atomic E-state index is 4.11. The number of aryl methyl sites for hydroxylation is 1. The molecule has 1 rings (SSSR count). The molecular weight excluding hydrogens is 203 g/mol. The van der Waals surface area contributed by atoms with Crippen LogP contribution in [0.15, 0.2) is 6.20 Å². The Morgan fingerprint density at radius 3 is 2.55 bits per heavy atom. The number of aromatic nitrogens is 1. The van der Waals surface area contributed by atoms with Gasteiger partial charge in [-0.1, -0.05) is 0 Å². The molecule has 0 aliphatic rings. The maximum atomic E-state index is 4.11. The Bertz CT molecular complexity index is 190. The molecule has 1 aromatic rings. The van der Waals surface area contributed by atoms with Gasteiger partial charge in [0.1, 0.15) is 0 Å². The van der Waals surface area contributed by atoms with Crippen LogP contribution in [0.25, 0.3) is 0 Å². The molecule has 66 valence electrons. The van der Waals surface area contributed by atoms with Crippen LogP contribution < -0.4 is 5.32 Å². The molecule has 2 nitrogen and oxygen atoms in total. The van der Waals surface area contributed by atoms with Crippen LogP contribution in [0.1, 0.15) is 9.88 Å². The largest absolute Gasteiger partial charge is 0.315 e. The van der Waals surface area contributed by atoms with Crippen molar-refractivity contribution >= 4 is 36.2 Å². The van der Waals surface area contributed by atoms with Crippen molar-refractivity contribution in [3.8, 4) is 0 Å². The van der Waals surface area contributed by atoms with Crippen molar-refractivity contribution in [1.82, 2.24) is 10.3 Å². The highest BCUT2D eigenvalue weighted by atomic mass is 35.5. The summed E-state index contributed by atoms with van der Waals surface area (Å²) in [5, 5.41) is 4.21. The number of hydrogen-bond acceptors (Lipinski definition) is 3. The molecule has 0 saturated heterocycles. The number of rotatable bonds is 2. The molecule has 0 bridgehead atoms. The average molecular weight is 215 g/mol. The normalized spacial score (nSPS) is 8.18. The second kappa shape index (κ2) is 6.85. The molecule has 0 radical (unpaired) electrons. The molecule has 0 aliphatic heterocycles. The average Bonchev–Trinajstić information content (AvgIpc) is 2.17. The van der Waals surface area contributed by atoms with Crippen molar-refractivity contribution in [2.24, 2.45) is 0 Å². The first-order chi connectivity index (χ1) is 4.33. The van der Waals surface area contributed by atoms with E-state index in [0.29, 0.717) is 0 Å². The van der Waals surface area contributed by atoms with Gasteiger partial charge in [0.15, 0.2) is 0 Å².